The fourth-order valence-electron chi connectivity index (χ4n) is 3.87. The number of aldehydes is 1. The van der Waals surface area contributed by atoms with Crippen molar-refractivity contribution in [2.24, 2.45) is 5.92 Å². The van der Waals surface area contributed by atoms with Gasteiger partial charge in [0.1, 0.15) is 17.2 Å². The lowest BCUT2D eigenvalue weighted by Gasteiger charge is -2.20. The van der Waals surface area contributed by atoms with Crippen LogP contribution < -0.4 is 4.90 Å². The third-order valence-electron chi connectivity index (χ3n) is 5.72. The van der Waals surface area contributed by atoms with Gasteiger partial charge in [0.2, 0.25) is 5.91 Å². The number of amides is 1. The van der Waals surface area contributed by atoms with E-state index in [1.807, 2.05) is 0 Å². The molecule has 0 spiro atoms. The van der Waals surface area contributed by atoms with E-state index in [0.717, 1.165) is 18.2 Å². The van der Waals surface area contributed by atoms with Crippen LogP contribution in [0.5, 0.6) is 0 Å². The molecule has 2 heterocycles. The fourth-order valence-corrected chi connectivity index (χ4v) is 5.09. The van der Waals surface area contributed by atoms with Crippen LogP contribution in [-0.4, -0.2) is 43.2 Å². The maximum atomic E-state index is 14.0. The van der Waals surface area contributed by atoms with Gasteiger partial charge in [-0.3, -0.25) is 14.5 Å². The van der Waals surface area contributed by atoms with Gasteiger partial charge in [-0.15, -0.1) is 0 Å². The number of alkyl halides is 2. The molecule has 1 atom stereocenters. The largest absolute Gasteiger partial charge is 0.359 e. The van der Waals surface area contributed by atoms with Crippen molar-refractivity contribution in [1.29, 1.82) is 0 Å². The van der Waals surface area contributed by atoms with Gasteiger partial charge in [-0.05, 0) is 46.4 Å². The Kier molecular flexibility index (Phi) is 8.35. The van der Waals surface area contributed by atoms with E-state index < -0.39 is 43.5 Å². The Bertz CT molecular complexity index is 1070. The second kappa shape index (κ2) is 10.7. The summed E-state index contributed by atoms with van der Waals surface area (Å²) in [6, 6.07) is 2.79. The first kappa shape index (κ1) is 26.5. The lowest BCUT2D eigenvalue weighted by molar-refractivity contribution is -0.120. The van der Waals surface area contributed by atoms with Crippen LogP contribution in [0, 0.1) is 17.6 Å². The molecule has 34 heavy (non-hydrogen) atoms. The summed E-state index contributed by atoms with van der Waals surface area (Å²) < 4.78 is 61.6. The molecule has 0 saturated carbocycles. The minimum absolute atomic E-state index is 0.0272. The average Bonchev–Trinajstić information content (AvgIpc) is 3.25. The maximum Gasteiger partial charge on any atom is 0.267 e. The highest BCUT2D eigenvalue weighted by molar-refractivity contribution is 9.10. The number of benzene rings is 1. The van der Waals surface area contributed by atoms with Crippen LogP contribution >= 0.6 is 15.9 Å². The number of carbonyl (C=O) groups excluding carboxylic acids is 2. The number of nitrogens with zero attached hydrogens (tertiary/aromatic N) is 3. The Morgan fingerprint density at radius 2 is 2.00 bits per heavy atom. The first-order valence-corrected chi connectivity index (χ1v) is 15.3. The number of ether oxygens (including phenoxy) is 1. The predicted molar refractivity (Wildman–Crippen MR) is 125 cm³/mol. The minimum Gasteiger partial charge on any atom is -0.359 e. The van der Waals surface area contributed by atoms with Crippen LogP contribution in [0.4, 0.5) is 23.4 Å². The number of hydrogen-bond donors (Lipinski definition) is 0. The van der Waals surface area contributed by atoms with Gasteiger partial charge in [0.25, 0.3) is 6.43 Å². The molecular formula is C22H26BrF4N3O3Si. The number of anilines is 1. The van der Waals surface area contributed by atoms with Gasteiger partial charge in [0.05, 0.1) is 11.1 Å². The predicted octanol–water partition coefficient (Wildman–Crippen LogP) is 5.58. The van der Waals surface area contributed by atoms with E-state index in [0.29, 0.717) is 12.9 Å². The van der Waals surface area contributed by atoms with Crippen molar-refractivity contribution in [1.82, 2.24) is 9.78 Å². The van der Waals surface area contributed by atoms with Gasteiger partial charge in [-0.2, -0.15) is 5.10 Å². The van der Waals surface area contributed by atoms with E-state index in [2.05, 4.69) is 40.7 Å². The topological polar surface area (TPSA) is 64.4 Å². The molecule has 0 N–H and O–H groups in total. The standard InChI is InChI=1S/C22H26BrF4N3O3Si/c1-34(2,3)9-8-33-12-30-21(15(11-31)19(23)28-30)29-7-6-14(22(29)32)10-13-4-5-16(24)18(25)17(13)20(26)27/h4-5,11,14,20H,6-10,12H2,1-3H3. The van der Waals surface area contributed by atoms with Crippen molar-refractivity contribution in [2.45, 2.75) is 51.7 Å². The molecule has 186 valence electrons. The second-order valence-corrected chi connectivity index (χ2v) is 15.8. The van der Waals surface area contributed by atoms with E-state index in [9.17, 15) is 27.2 Å². The third kappa shape index (κ3) is 5.77. The molecule has 0 aliphatic carbocycles. The van der Waals surface area contributed by atoms with Gasteiger partial charge in [-0.1, -0.05) is 25.7 Å². The molecule has 6 nitrogen and oxygen atoms in total. The normalized spacial score (nSPS) is 16.7. The highest BCUT2D eigenvalue weighted by Gasteiger charge is 2.37. The molecular weight excluding hydrogens is 538 g/mol. The summed E-state index contributed by atoms with van der Waals surface area (Å²) in [4.78, 5) is 26.3. The van der Waals surface area contributed by atoms with Gasteiger partial charge >= 0.3 is 0 Å². The quantitative estimate of drug-likeness (QED) is 0.164. The van der Waals surface area contributed by atoms with E-state index in [4.69, 9.17) is 4.74 Å². The molecule has 1 aromatic heterocycles. The van der Waals surface area contributed by atoms with Gasteiger partial charge in [0.15, 0.2) is 17.9 Å². The molecule has 1 fully saturated rings. The lowest BCUT2D eigenvalue weighted by atomic mass is 9.94. The van der Waals surface area contributed by atoms with Crippen molar-refractivity contribution in [3.63, 3.8) is 0 Å². The van der Waals surface area contributed by atoms with Crippen LogP contribution in [0.1, 0.15) is 34.3 Å². The zero-order valence-electron chi connectivity index (χ0n) is 19.1. The number of hydrogen-bond acceptors (Lipinski definition) is 4. The van der Waals surface area contributed by atoms with Crippen LogP contribution in [0.15, 0.2) is 16.7 Å². The number of rotatable bonds is 10. The summed E-state index contributed by atoms with van der Waals surface area (Å²) in [5.41, 5.74) is -0.971. The molecule has 1 amide bonds. The highest BCUT2D eigenvalue weighted by atomic mass is 79.9. The highest BCUT2D eigenvalue weighted by Crippen LogP contribution is 2.35. The Morgan fingerprint density at radius 1 is 1.29 bits per heavy atom. The molecule has 2 aromatic rings. The first-order valence-electron chi connectivity index (χ1n) is 10.8. The Hall–Kier alpha value is -2.05. The van der Waals surface area contributed by atoms with Gasteiger partial charge in [0, 0.05) is 27.1 Å². The minimum atomic E-state index is -3.22. The number of halogens is 5. The molecule has 1 saturated heterocycles. The summed E-state index contributed by atoms with van der Waals surface area (Å²) in [6.45, 7) is 7.39. The summed E-state index contributed by atoms with van der Waals surface area (Å²) in [5, 5.41) is 4.27. The molecule has 1 aromatic carbocycles. The van der Waals surface area contributed by atoms with Crippen molar-refractivity contribution < 1.29 is 31.9 Å². The molecule has 1 unspecified atom stereocenters. The zero-order valence-corrected chi connectivity index (χ0v) is 21.7. The fraction of sp³-hybridized carbons (Fsp3) is 0.500. The summed E-state index contributed by atoms with van der Waals surface area (Å²) in [6.07, 6.45) is -2.52. The van der Waals surface area contributed by atoms with Crippen molar-refractivity contribution in [3.8, 4) is 0 Å². The zero-order chi connectivity index (χ0) is 25.2. The molecule has 3 rings (SSSR count). The van der Waals surface area contributed by atoms with Crippen LogP contribution in [0.2, 0.25) is 25.7 Å². The Labute approximate surface area is 204 Å². The molecule has 0 radical (unpaired) electrons. The maximum absolute atomic E-state index is 14.0. The monoisotopic (exact) mass is 563 g/mol. The number of carbonyl (C=O) groups is 2. The van der Waals surface area contributed by atoms with E-state index in [1.165, 1.54) is 9.58 Å². The van der Waals surface area contributed by atoms with Gasteiger partial charge < -0.3 is 4.74 Å². The molecule has 1 aliphatic rings. The summed E-state index contributed by atoms with van der Waals surface area (Å²) >= 11 is 3.23. The first-order chi connectivity index (χ1) is 15.9. The molecule has 0 bridgehead atoms. The van der Waals surface area contributed by atoms with E-state index >= 15 is 0 Å². The van der Waals surface area contributed by atoms with Gasteiger partial charge in [-0.25, -0.2) is 22.2 Å². The lowest BCUT2D eigenvalue weighted by Crippen LogP contribution is -2.31. The average molecular weight is 564 g/mol. The van der Waals surface area contributed by atoms with Crippen LogP contribution in [0.3, 0.4) is 0 Å². The SMILES string of the molecule is C[Si](C)(C)CCOCn1nc(Br)c(C=O)c1N1CCC(Cc2ccc(F)c(F)c2C(F)F)C1=O. The molecule has 12 heteroatoms. The summed E-state index contributed by atoms with van der Waals surface area (Å²) in [5.74, 6) is -3.87. The van der Waals surface area contributed by atoms with Crippen LogP contribution in [0.25, 0.3) is 0 Å². The third-order valence-corrected chi connectivity index (χ3v) is 8.01. The van der Waals surface area contributed by atoms with E-state index in [1.54, 1.807) is 0 Å². The van der Waals surface area contributed by atoms with E-state index in [-0.39, 0.29) is 47.7 Å². The van der Waals surface area contributed by atoms with Crippen molar-refractivity contribution in [3.05, 3.63) is 45.1 Å². The van der Waals surface area contributed by atoms with Crippen molar-refractivity contribution in [2.75, 3.05) is 18.1 Å². The van der Waals surface area contributed by atoms with Crippen molar-refractivity contribution >= 4 is 42.0 Å². The summed E-state index contributed by atoms with van der Waals surface area (Å²) in [7, 11) is -1.31. The Balaban J connectivity index is 1.82. The van der Waals surface area contributed by atoms with Crippen LogP contribution in [-0.2, 0) is 22.7 Å². The number of aromatic nitrogens is 2. The smallest absolute Gasteiger partial charge is 0.267 e. The molecule has 1 aliphatic heterocycles. The second-order valence-electron chi connectivity index (χ2n) is 9.41. The Morgan fingerprint density at radius 3 is 2.62 bits per heavy atom.